The van der Waals surface area contributed by atoms with Gasteiger partial charge in [-0.05, 0) is 23.9 Å². The van der Waals surface area contributed by atoms with Crippen LogP contribution in [0.5, 0.6) is 0 Å². The van der Waals surface area contributed by atoms with Gasteiger partial charge in [-0.3, -0.25) is 19.3 Å². The molecule has 3 rings (SSSR count). The number of benzene rings is 1. The average Bonchev–Trinajstić information content (AvgIpc) is 3.12. The first-order valence-electron chi connectivity index (χ1n) is 6.52. The molecule has 110 valence electrons. The minimum atomic E-state index is -0.476. The van der Waals surface area contributed by atoms with Crippen molar-refractivity contribution in [1.82, 2.24) is 4.90 Å². The lowest BCUT2D eigenvalue weighted by Crippen LogP contribution is -2.33. The quantitative estimate of drug-likeness (QED) is 0.640. The number of ketones is 1. The van der Waals surface area contributed by atoms with Gasteiger partial charge in [0.1, 0.15) is 5.76 Å². The van der Waals surface area contributed by atoms with E-state index in [1.807, 2.05) is 0 Å². The van der Waals surface area contributed by atoms with Gasteiger partial charge in [0, 0.05) is 11.6 Å². The molecule has 2 heterocycles. The Morgan fingerprint density at radius 3 is 2.59 bits per heavy atom. The molecule has 1 aliphatic heterocycles. The summed E-state index contributed by atoms with van der Waals surface area (Å²) in [4.78, 5) is 37.5. The first kappa shape index (κ1) is 14.3. The zero-order chi connectivity index (χ0) is 15.5. The minimum Gasteiger partial charge on any atom is -0.465 e. The maximum Gasteiger partial charge on any atom is 0.293 e. The molecule has 2 amide bonds. The number of nitrogens with zero attached hydrogens (tertiary/aromatic N) is 1. The number of carbonyl (C=O) groups is 3. The van der Waals surface area contributed by atoms with Crippen LogP contribution in [0.15, 0.2) is 58.1 Å². The third-order valence-electron chi connectivity index (χ3n) is 3.09. The number of imide groups is 1. The van der Waals surface area contributed by atoms with Crippen LogP contribution in [0.2, 0.25) is 0 Å². The smallest absolute Gasteiger partial charge is 0.293 e. The van der Waals surface area contributed by atoms with Crippen LogP contribution in [0.3, 0.4) is 0 Å². The number of rotatable bonds is 4. The van der Waals surface area contributed by atoms with Gasteiger partial charge in [-0.2, -0.15) is 0 Å². The van der Waals surface area contributed by atoms with E-state index in [2.05, 4.69) is 0 Å². The molecule has 0 unspecified atom stereocenters. The lowest BCUT2D eigenvalue weighted by atomic mass is 10.1. The van der Waals surface area contributed by atoms with Crippen LogP contribution in [-0.4, -0.2) is 28.4 Å². The molecule has 1 aromatic heterocycles. The van der Waals surface area contributed by atoms with Crippen molar-refractivity contribution >= 4 is 34.8 Å². The minimum absolute atomic E-state index is 0.251. The molecule has 6 heteroatoms. The summed E-state index contributed by atoms with van der Waals surface area (Å²) in [6, 6.07) is 11.9. The van der Waals surface area contributed by atoms with E-state index in [4.69, 9.17) is 4.42 Å². The van der Waals surface area contributed by atoms with Crippen molar-refractivity contribution in [1.29, 1.82) is 0 Å². The SMILES string of the molecule is O=C(CN1C(=O)S/C(=C/c2ccco2)C1=O)c1ccccc1. The summed E-state index contributed by atoms with van der Waals surface area (Å²) >= 11 is 0.804. The highest BCUT2D eigenvalue weighted by molar-refractivity contribution is 8.18. The van der Waals surface area contributed by atoms with E-state index in [1.165, 1.54) is 12.3 Å². The van der Waals surface area contributed by atoms with Gasteiger partial charge in [-0.1, -0.05) is 30.3 Å². The monoisotopic (exact) mass is 313 g/mol. The van der Waals surface area contributed by atoms with Crippen LogP contribution < -0.4 is 0 Å². The second-order valence-electron chi connectivity index (χ2n) is 4.57. The van der Waals surface area contributed by atoms with E-state index in [9.17, 15) is 14.4 Å². The van der Waals surface area contributed by atoms with Gasteiger partial charge in [0.15, 0.2) is 5.78 Å². The highest BCUT2D eigenvalue weighted by atomic mass is 32.2. The van der Waals surface area contributed by atoms with Gasteiger partial charge < -0.3 is 4.42 Å². The third-order valence-corrected chi connectivity index (χ3v) is 4.00. The average molecular weight is 313 g/mol. The molecular weight excluding hydrogens is 302 g/mol. The van der Waals surface area contributed by atoms with Crippen LogP contribution in [0.1, 0.15) is 16.1 Å². The first-order chi connectivity index (χ1) is 10.6. The van der Waals surface area contributed by atoms with E-state index < -0.39 is 11.1 Å². The Bertz CT molecular complexity index is 750. The van der Waals surface area contributed by atoms with Crippen LogP contribution in [-0.2, 0) is 4.79 Å². The number of furan rings is 1. The predicted octanol–water partition coefficient (Wildman–Crippen LogP) is 3.20. The number of thioether (sulfide) groups is 1. The number of Topliss-reactive ketones (excluding diaryl/α,β-unsaturated/α-hetero) is 1. The summed E-state index contributed by atoms with van der Waals surface area (Å²) in [6.45, 7) is -0.260. The fourth-order valence-electron chi connectivity index (χ4n) is 2.00. The summed E-state index contributed by atoms with van der Waals surface area (Å²) in [6.07, 6.45) is 2.98. The van der Waals surface area contributed by atoms with E-state index in [-0.39, 0.29) is 17.2 Å². The number of hydrogen-bond acceptors (Lipinski definition) is 5. The maximum absolute atomic E-state index is 12.2. The van der Waals surface area contributed by atoms with Gasteiger partial charge in [0.05, 0.1) is 17.7 Å². The molecule has 1 aromatic carbocycles. The molecule has 0 aliphatic carbocycles. The lowest BCUT2D eigenvalue weighted by molar-refractivity contribution is -0.122. The van der Waals surface area contributed by atoms with Crippen LogP contribution >= 0.6 is 11.8 Å². The number of amides is 2. The van der Waals surface area contributed by atoms with Crippen LogP contribution in [0.4, 0.5) is 4.79 Å². The van der Waals surface area contributed by atoms with Crippen LogP contribution in [0.25, 0.3) is 6.08 Å². The second-order valence-corrected chi connectivity index (χ2v) is 5.57. The van der Waals surface area contributed by atoms with Crippen molar-refractivity contribution in [3.8, 4) is 0 Å². The van der Waals surface area contributed by atoms with Crippen LogP contribution in [0, 0.1) is 0 Å². The summed E-state index contributed by atoms with van der Waals surface area (Å²) < 4.78 is 5.13. The zero-order valence-corrected chi connectivity index (χ0v) is 12.2. The molecule has 22 heavy (non-hydrogen) atoms. The molecule has 2 aromatic rings. The Morgan fingerprint density at radius 1 is 1.14 bits per heavy atom. The van der Waals surface area contributed by atoms with Crippen molar-refractivity contribution in [2.75, 3.05) is 6.54 Å². The zero-order valence-electron chi connectivity index (χ0n) is 11.4. The Balaban J connectivity index is 1.76. The molecule has 5 nitrogen and oxygen atoms in total. The fraction of sp³-hybridized carbons (Fsp3) is 0.0625. The topological polar surface area (TPSA) is 67.6 Å². The van der Waals surface area contributed by atoms with Crippen molar-refractivity contribution in [2.45, 2.75) is 0 Å². The Morgan fingerprint density at radius 2 is 1.91 bits per heavy atom. The molecule has 0 radical (unpaired) electrons. The van der Waals surface area contributed by atoms with Gasteiger partial charge in [-0.15, -0.1) is 0 Å². The highest BCUT2D eigenvalue weighted by Gasteiger charge is 2.36. The summed E-state index contributed by atoms with van der Waals surface area (Å²) in [5.41, 5.74) is 0.469. The standard InChI is InChI=1S/C16H11NO4S/c18-13(11-5-2-1-3-6-11)10-17-15(19)14(22-16(17)20)9-12-7-4-8-21-12/h1-9H,10H2/b14-9+. The summed E-state index contributed by atoms with van der Waals surface area (Å²) in [5, 5.41) is -0.452. The number of hydrogen-bond donors (Lipinski definition) is 0. The van der Waals surface area contributed by atoms with E-state index >= 15 is 0 Å². The molecule has 0 spiro atoms. The Labute approximate surface area is 130 Å². The molecule has 0 bridgehead atoms. The van der Waals surface area contributed by atoms with Crippen molar-refractivity contribution in [2.24, 2.45) is 0 Å². The predicted molar refractivity (Wildman–Crippen MR) is 82.2 cm³/mol. The summed E-state index contributed by atoms with van der Waals surface area (Å²) in [5.74, 6) is -0.266. The van der Waals surface area contributed by atoms with E-state index in [1.54, 1.807) is 42.5 Å². The third kappa shape index (κ3) is 2.87. The maximum atomic E-state index is 12.2. The van der Waals surface area contributed by atoms with Gasteiger partial charge >= 0.3 is 0 Å². The molecule has 0 atom stereocenters. The normalized spacial score (nSPS) is 16.5. The Kier molecular flexibility index (Phi) is 3.93. The molecule has 1 aliphatic rings. The molecular formula is C16H11NO4S. The van der Waals surface area contributed by atoms with Crippen molar-refractivity contribution in [3.63, 3.8) is 0 Å². The van der Waals surface area contributed by atoms with Gasteiger partial charge in [-0.25, -0.2) is 0 Å². The van der Waals surface area contributed by atoms with Gasteiger partial charge in [0.25, 0.3) is 11.1 Å². The first-order valence-corrected chi connectivity index (χ1v) is 7.34. The number of carbonyl (C=O) groups excluding carboxylic acids is 3. The van der Waals surface area contributed by atoms with Crippen molar-refractivity contribution in [3.05, 3.63) is 65.0 Å². The Hall–Kier alpha value is -2.60. The van der Waals surface area contributed by atoms with E-state index in [0.717, 1.165) is 16.7 Å². The fourth-order valence-corrected chi connectivity index (χ4v) is 2.82. The molecule has 0 saturated carbocycles. The lowest BCUT2D eigenvalue weighted by Gasteiger charge is -2.11. The second kappa shape index (κ2) is 6.03. The molecule has 1 saturated heterocycles. The largest absolute Gasteiger partial charge is 0.465 e. The van der Waals surface area contributed by atoms with Crippen molar-refractivity contribution < 1.29 is 18.8 Å². The molecule has 1 fully saturated rings. The summed E-state index contributed by atoms with van der Waals surface area (Å²) in [7, 11) is 0. The highest BCUT2D eigenvalue weighted by Crippen LogP contribution is 2.32. The van der Waals surface area contributed by atoms with E-state index in [0.29, 0.717) is 11.3 Å². The van der Waals surface area contributed by atoms with Gasteiger partial charge in [0.2, 0.25) is 0 Å². The molecule has 0 N–H and O–H groups in total.